The molecule has 1 aliphatic heterocycles. The second kappa shape index (κ2) is 8.15. The van der Waals surface area contributed by atoms with Crippen LogP contribution in [0.15, 0.2) is 30.3 Å². The van der Waals surface area contributed by atoms with Gasteiger partial charge in [-0.1, -0.05) is 37.3 Å². The average molecular weight is 289 g/mol. The molecule has 4 nitrogen and oxygen atoms in total. The minimum absolute atomic E-state index is 0.00717. The monoisotopic (exact) mass is 289 g/mol. The molecule has 116 valence electrons. The van der Waals surface area contributed by atoms with Crippen LogP contribution in [0.1, 0.15) is 31.2 Å². The second-order valence-corrected chi connectivity index (χ2v) is 5.68. The number of carbonyl (C=O) groups is 1. The van der Waals surface area contributed by atoms with Crippen LogP contribution >= 0.6 is 0 Å². The molecule has 2 rings (SSSR count). The first-order valence-electron chi connectivity index (χ1n) is 8.02. The maximum absolute atomic E-state index is 12.8. The van der Waals surface area contributed by atoms with E-state index in [4.69, 9.17) is 5.73 Å². The number of hydrogen-bond donors (Lipinski definition) is 1. The van der Waals surface area contributed by atoms with Crippen LogP contribution in [0.5, 0.6) is 0 Å². The van der Waals surface area contributed by atoms with E-state index < -0.39 is 0 Å². The fraction of sp³-hybridized carbons (Fsp3) is 0.588. The van der Waals surface area contributed by atoms with E-state index in [9.17, 15) is 4.79 Å². The highest BCUT2D eigenvalue weighted by Crippen LogP contribution is 2.22. The molecule has 1 amide bonds. The molecule has 1 aliphatic rings. The lowest BCUT2D eigenvalue weighted by atomic mass is 9.95. The Morgan fingerprint density at radius 3 is 2.62 bits per heavy atom. The van der Waals surface area contributed by atoms with E-state index in [0.29, 0.717) is 6.54 Å². The van der Waals surface area contributed by atoms with Gasteiger partial charge in [0.1, 0.15) is 0 Å². The molecule has 0 aromatic heterocycles. The predicted octanol–water partition coefficient (Wildman–Crippen LogP) is 1.67. The van der Waals surface area contributed by atoms with E-state index in [1.807, 2.05) is 23.1 Å². The van der Waals surface area contributed by atoms with Gasteiger partial charge in [-0.2, -0.15) is 0 Å². The van der Waals surface area contributed by atoms with E-state index in [0.717, 1.165) is 51.1 Å². The Bertz CT molecular complexity index is 435. The molecule has 1 fully saturated rings. The number of amides is 1. The highest BCUT2D eigenvalue weighted by Gasteiger charge is 2.25. The third-order valence-electron chi connectivity index (χ3n) is 4.25. The third kappa shape index (κ3) is 4.29. The minimum atomic E-state index is -0.00717. The Morgan fingerprint density at radius 2 is 1.95 bits per heavy atom. The highest BCUT2D eigenvalue weighted by atomic mass is 16.2. The number of nitrogens with zero attached hydrogens (tertiary/aromatic N) is 2. The normalized spacial score (nSPS) is 18.3. The molecule has 1 atom stereocenters. The lowest BCUT2D eigenvalue weighted by Gasteiger charge is -2.26. The summed E-state index contributed by atoms with van der Waals surface area (Å²) in [7, 11) is 0. The Balaban J connectivity index is 2.01. The van der Waals surface area contributed by atoms with Crippen molar-refractivity contribution in [2.24, 2.45) is 5.73 Å². The van der Waals surface area contributed by atoms with Crippen LogP contribution < -0.4 is 5.73 Å². The molecule has 1 heterocycles. The Kier molecular flexibility index (Phi) is 6.21. The quantitative estimate of drug-likeness (QED) is 0.897. The van der Waals surface area contributed by atoms with Gasteiger partial charge in [0.2, 0.25) is 5.91 Å². The summed E-state index contributed by atoms with van der Waals surface area (Å²) in [5.41, 5.74) is 6.76. The van der Waals surface area contributed by atoms with Gasteiger partial charge in [-0.15, -0.1) is 0 Å². The van der Waals surface area contributed by atoms with Crippen LogP contribution in [0.2, 0.25) is 0 Å². The summed E-state index contributed by atoms with van der Waals surface area (Å²) >= 11 is 0. The zero-order chi connectivity index (χ0) is 15.1. The number of hydrogen-bond acceptors (Lipinski definition) is 3. The van der Waals surface area contributed by atoms with E-state index in [-0.39, 0.29) is 11.8 Å². The zero-order valence-corrected chi connectivity index (χ0v) is 13.0. The van der Waals surface area contributed by atoms with Gasteiger partial charge in [0, 0.05) is 32.7 Å². The Hall–Kier alpha value is -1.39. The number of carbonyl (C=O) groups excluding carboxylic acids is 1. The summed E-state index contributed by atoms with van der Waals surface area (Å²) < 4.78 is 0. The van der Waals surface area contributed by atoms with Crippen molar-refractivity contribution in [2.45, 2.75) is 25.7 Å². The third-order valence-corrected chi connectivity index (χ3v) is 4.25. The molecular weight excluding hydrogens is 262 g/mol. The first kappa shape index (κ1) is 16.0. The maximum atomic E-state index is 12.8. The first-order valence-corrected chi connectivity index (χ1v) is 8.02. The van der Waals surface area contributed by atoms with Crippen molar-refractivity contribution >= 4 is 5.91 Å². The van der Waals surface area contributed by atoms with Crippen LogP contribution in [0.4, 0.5) is 0 Å². The number of nitrogens with two attached hydrogens (primary N) is 1. The summed E-state index contributed by atoms with van der Waals surface area (Å²) in [4.78, 5) is 17.2. The second-order valence-electron chi connectivity index (χ2n) is 5.68. The molecule has 0 saturated carbocycles. The molecule has 21 heavy (non-hydrogen) atoms. The molecule has 1 unspecified atom stereocenters. The Morgan fingerprint density at radius 1 is 1.19 bits per heavy atom. The predicted molar refractivity (Wildman–Crippen MR) is 86.2 cm³/mol. The molecule has 0 spiro atoms. The summed E-state index contributed by atoms with van der Waals surface area (Å²) in [5.74, 6) is 0.269. The minimum Gasteiger partial charge on any atom is -0.341 e. The summed E-state index contributed by atoms with van der Waals surface area (Å²) in [6.45, 7) is 7.38. The lowest BCUT2D eigenvalue weighted by molar-refractivity contribution is -0.132. The number of rotatable bonds is 5. The lowest BCUT2D eigenvalue weighted by Crippen LogP contribution is -2.38. The standard InChI is InChI=1S/C17H27N3O/c1-2-16(15-7-4-3-5-8-15)17(21)20-11-6-10-19(12-9-18)13-14-20/h3-5,7-8,16H,2,6,9-14,18H2,1H3. The van der Waals surface area contributed by atoms with Crippen molar-refractivity contribution in [1.82, 2.24) is 9.80 Å². The molecular formula is C17H27N3O. The van der Waals surface area contributed by atoms with Crippen molar-refractivity contribution in [3.8, 4) is 0 Å². The molecule has 0 radical (unpaired) electrons. The van der Waals surface area contributed by atoms with Crippen LogP contribution in [0, 0.1) is 0 Å². The van der Waals surface area contributed by atoms with Crippen molar-refractivity contribution in [3.05, 3.63) is 35.9 Å². The molecule has 4 heteroatoms. The maximum Gasteiger partial charge on any atom is 0.230 e. The van der Waals surface area contributed by atoms with Crippen LogP contribution in [-0.4, -0.2) is 55.0 Å². The van der Waals surface area contributed by atoms with Gasteiger partial charge in [-0.05, 0) is 24.9 Å². The Labute approximate surface area is 127 Å². The number of benzene rings is 1. The molecule has 0 bridgehead atoms. The zero-order valence-electron chi connectivity index (χ0n) is 13.0. The summed E-state index contributed by atoms with van der Waals surface area (Å²) in [6.07, 6.45) is 1.89. The van der Waals surface area contributed by atoms with Crippen molar-refractivity contribution in [2.75, 3.05) is 39.3 Å². The molecule has 1 aromatic carbocycles. The molecule has 0 aliphatic carbocycles. The van der Waals surface area contributed by atoms with Crippen molar-refractivity contribution in [3.63, 3.8) is 0 Å². The van der Waals surface area contributed by atoms with E-state index in [2.05, 4.69) is 24.0 Å². The molecule has 1 saturated heterocycles. The molecule has 1 aromatic rings. The van der Waals surface area contributed by atoms with Crippen LogP contribution in [-0.2, 0) is 4.79 Å². The van der Waals surface area contributed by atoms with Gasteiger partial charge >= 0.3 is 0 Å². The average Bonchev–Trinajstić information content (AvgIpc) is 2.75. The highest BCUT2D eigenvalue weighted by molar-refractivity contribution is 5.83. The van der Waals surface area contributed by atoms with Crippen molar-refractivity contribution < 1.29 is 4.79 Å². The summed E-state index contributed by atoms with van der Waals surface area (Å²) in [6, 6.07) is 10.1. The van der Waals surface area contributed by atoms with E-state index in [1.54, 1.807) is 0 Å². The van der Waals surface area contributed by atoms with Crippen LogP contribution in [0.25, 0.3) is 0 Å². The fourth-order valence-corrected chi connectivity index (χ4v) is 3.06. The van der Waals surface area contributed by atoms with Gasteiger partial charge in [0.15, 0.2) is 0 Å². The first-order chi connectivity index (χ1) is 10.3. The van der Waals surface area contributed by atoms with E-state index >= 15 is 0 Å². The van der Waals surface area contributed by atoms with Gasteiger partial charge in [0.05, 0.1) is 5.92 Å². The van der Waals surface area contributed by atoms with Gasteiger partial charge in [-0.3, -0.25) is 4.79 Å². The fourth-order valence-electron chi connectivity index (χ4n) is 3.06. The van der Waals surface area contributed by atoms with E-state index in [1.165, 1.54) is 0 Å². The van der Waals surface area contributed by atoms with Gasteiger partial charge < -0.3 is 15.5 Å². The largest absolute Gasteiger partial charge is 0.341 e. The summed E-state index contributed by atoms with van der Waals surface area (Å²) in [5, 5.41) is 0. The molecule has 2 N–H and O–H groups in total. The topological polar surface area (TPSA) is 49.6 Å². The van der Waals surface area contributed by atoms with Crippen LogP contribution in [0.3, 0.4) is 0 Å². The van der Waals surface area contributed by atoms with Gasteiger partial charge in [-0.25, -0.2) is 0 Å². The smallest absolute Gasteiger partial charge is 0.230 e. The van der Waals surface area contributed by atoms with Crippen molar-refractivity contribution in [1.29, 1.82) is 0 Å². The van der Waals surface area contributed by atoms with Gasteiger partial charge in [0.25, 0.3) is 0 Å². The SMILES string of the molecule is CCC(C(=O)N1CCCN(CCN)CC1)c1ccccc1.